The zero-order chi connectivity index (χ0) is 23.8. The second-order valence-corrected chi connectivity index (χ2v) is 11.0. The molecule has 33 heavy (non-hydrogen) atoms. The van der Waals surface area contributed by atoms with Crippen molar-refractivity contribution in [2.24, 2.45) is 23.2 Å². The number of aromatic amines is 1. The lowest BCUT2D eigenvalue weighted by Crippen LogP contribution is -2.33. The van der Waals surface area contributed by atoms with Gasteiger partial charge in [-0.2, -0.15) is 13.2 Å². The molecule has 1 aromatic carbocycles. The van der Waals surface area contributed by atoms with Crippen LogP contribution in [0.5, 0.6) is 5.75 Å². The Morgan fingerprint density at radius 1 is 1.18 bits per heavy atom. The van der Waals surface area contributed by atoms with E-state index in [0.717, 1.165) is 41.6 Å². The van der Waals surface area contributed by atoms with Crippen LogP contribution in [-0.4, -0.2) is 48.2 Å². The molecule has 0 spiro atoms. The van der Waals surface area contributed by atoms with E-state index >= 15 is 0 Å². The second kappa shape index (κ2) is 9.20. The Morgan fingerprint density at radius 3 is 2.52 bits per heavy atom. The summed E-state index contributed by atoms with van der Waals surface area (Å²) in [6.07, 6.45) is 1.02. The number of aromatic nitrogens is 1. The lowest BCUT2D eigenvalue weighted by molar-refractivity contribution is -0.144. The number of ether oxygens (including phenoxy) is 1. The average molecular weight is 466 g/mol. The van der Waals surface area contributed by atoms with E-state index in [9.17, 15) is 18.0 Å². The Labute approximate surface area is 193 Å². The zero-order valence-corrected chi connectivity index (χ0v) is 19.6. The van der Waals surface area contributed by atoms with E-state index in [2.05, 4.69) is 10.3 Å². The molecule has 0 radical (unpaired) electrons. The van der Waals surface area contributed by atoms with Gasteiger partial charge < -0.3 is 15.0 Å². The molecule has 8 heteroatoms. The Balaban J connectivity index is 1.26. The number of hydrogen-bond donors (Lipinski definition) is 2. The number of benzene rings is 1. The first kappa shape index (κ1) is 23.9. The molecule has 1 aromatic heterocycles. The lowest BCUT2D eigenvalue weighted by Gasteiger charge is -2.20. The minimum absolute atomic E-state index is 0.0182. The number of amides is 1. The van der Waals surface area contributed by atoms with Gasteiger partial charge in [-0.05, 0) is 60.6 Å². The number of carbonyl (C=O) groups is 1. The summed E-state index contributed by atoms with van der Waals surface area (Å²) in [4.78, 5) is 17.1. The van der Waals surface area contributed by atoms with Crippen LogP contribution in [0.3, 0.4) is 0 Å². The molecule has 5 nitrogen and oxygen atoms in total. The highest BCUT2D eigenvalue weighted by atomic mass is 19.4. The van der Waals surface area contributed by atoms with Gasteiger partial charge in [0.15, 0.2) is 0 Å². The molecule has 4 rings (SSSR count). The predicted molar refractivity (Wildman–Crippen MR) is 123 cm³/mol. The van der Waals surface area contributed by atoms with Crippen molar-refractivity contribution in [3.63, 3.8) is 0 Å². The fraction of sp³-hybridized carbons (Fsp3) is 0.640. The van der Waals surface area contributed by atoms with Crippen molar-refractivity contribution >= 4 is 22.5 Å². The monoisotopic (exact) mass is 465 g/mol. The van der Waals surface area contributed by atoms with E-state index in [1.807, 2.05) is 39.0 Å². The average Bonchev–Trinajstić information content (AvgIpc) is 3.32. The molecule has 1 saturated carbocycles. The van der Waals surface area contributed by atoms with Crippen LogP contribution in [-0.2, 0) is 4.79 Å². The molecule has 1 saturated heterocycles. The van der Waals surface area contributed by atoms with E-state index in [1.54, 1.807) is 11.1 Å². The van der Waals surface area contributed by atoms with Crippen LogP contribution >= 0.6 is 0 Å². The topological polar surface area (TPSA) is 57.4 Å². The van der Waals surface area contributed by atoms with E-state index in [0.29, 0.717) is 43.9 Å². The van der Waals surface area contributed by atoms with Crippen LogP contribution in [0.1, 0.15) is 46.5 Å². The Hall–Kier alpha value is -2.22. The molecule has 1 amide bonds. The van der Waals surface area contributed by atoms with Crippen LogP contribution in [0.25, 0.3) is 10.9 Å². The predicted octanol–water partition coefficient (Wildman–Crippen LogP) is 5.83. The highest BCUT2D eigenvalue weighted by Crippen LogP contribution is 2.43. The minimum atomic E-state index is -4.11. The number of nitrogens with zero attached hydrogens (tertiary/aromatic N) is 1. The van der Waals surface area contributed by atoms with Crippen molar-refractivity contribution in [3.05, 3.63) is 24.4 Å². The van der Waals surface area contributed by atoms with Crippen LogP contribution in [0, 0.1) is 23.2 Å². The minimum Gasteiger partial charge on any atom is -0.494 e. The van der Waals surface area contributed by atoms with Gasteiger partial charge in [0.25, 0.3) is 0 Å². The lowest BCUT2D eigenvalue weighted by atomic mass is 9.92. The molecule has 1 aliphatic heterocycles. The quantitative estimate of drug-likeness (QED) is 0.541. The zero-order valence-electron chi connectivity index (χ0n) is 19.6. The van der Waals surface area contributed by atoms with Gasteiger partial charge in [-0.25, -0.2) is 0 Å². The fourth-order valence-corrected chi connectivity index (χ4v) is 5.45. The largest absolute Gasteiger partial charge is 0.494 e. The Kier molecular flexibility index (Phi) is 6.67. The van der Waals surface area contributed by atoms with Crippen LogP contribution in [0.15, 0.2) is 24.4 Å². The number of likely N-dealkylation sites (tertiary alicyclic amines) is 1. The van der Waals surface area contributed by atoms with Crippen LogP contribution in [0.4, 0.5) is 18.9 Å². The number of nitrogens with one attached hydrogen (secondary N) is 2. The number of halogens is 3. The summed E-state index contributed by atoms with van der Waals surface area (Å²) in [5.74, 6) is 2.01. The maximum atomic E-state index is 12.6. The van der Waals surface area contributed by atoms with Gasteiger partial charge in [-0.15, -0.1) is 0 Å². The van der Waals surface area contributed by atoms with Crippen molar-refractivity contribution < 1.29 is 22.7 Å². The van der Waals surface area contributed by atoms with Gasteiger partial charge in [-0.3, -0.25) is 9.69 Å². The van der Waals surface area contributed by atoms with E-state index < -0.39 is 12.7 Å². The first-order chi connectivity index (χ1) is 15.4. The highest BCUT2D eigenvalue weighted by Gasteiger charge is 2.43. The molecule has 3 atom stereocenters. The summed E-state index contributed by atoms with van der Waals surface area (Å²) >= 11 is 0. The van der Waals surface area contributed by atoms with Gasteiger partial charge in [0.05, 0.1) is 18.8 Å². The third-order valence-electron chi connectivity index (χ3n) is 6.74. The molecule has 2 fully saturated rings. The third kappa shape index (κ3) is 6.43. The SMILES string of the molecule is CC(C)(C)CC(=O)Nc1c[nH]c2ccc(OCC[C@@H]3C[C@@H]4CN(CC(F)(F)F)C[C@@H]4C3)cc12. The van der Waals surface area contributed by atoms with Crippen molar-refractivity contribution in [2.45, 2.75) is 52.6 Å². The number of fused-ring (bicyclic) bond motifs is 2. The van der Waals surface area contributed by atoms with Crippen molar-refractivity contribution in [2.75, 3.05) is 31.6 Å². The number of hydrogen-bond acceptors (Lipinski definition) is 3. The summed E-state index contributed by atoms with van der Waals surface area (Å²) < 4.78 is 43.9. The highest BCUT2D eigenvalue weighted by molar-refractivity contribution is 6.02. The van der Waals surface area contributed by atoms with Crippen LogP contribution in [0.2, 0.25) is 0 Å². The normalized spacial score (nSPS) is 23.8. The van der Waals surface area contributed by atoms with Gasteiger partial charge >= 0.3 is 6.18 Å². The molecule has 182 valence electrons. The first-order valence-corrected chi connectivity index (χ1v) is 11.8. The first-order valence-electron chi connectivity index (χ1n) is 11.8. The smallest absolute Gasteiger partial charge is 0.401 e. The fourth-order valence-electron chi connectivity index (χ4n) is 5.45. The molecule has 2 aliphatic rings. The van der Waals surface area contributed by atoms with Crippen molar-refractivity contribution in [3.8, 4) is 5.75 Å². The summed E-state index contributed by atoms with van der Waals surface area (Å²) in [5, 5.41) is 3.90. The molecular formula is C25H34F3N3O2. The number of carbonyl (C=O) groups excluding carboxylic acids is 1. The molecule has 2 aromatic rings. The molecule has 2 heterocycles. The van der Waals surface area contributed by atoms with Crippen molar-refractivity contribution in [1.29, 1.82) is 0 Å². The van der Waals surface area contributed by atoms with Gasteiger partial charge in [0.2, 0.25) is 5.91 Å². The van der Waals surface area contributed by atoms with Gasteiger partial charge in [0.1, 0.15) is 5.75 Å². The number of alkyl halides is 3. The van der Waals surface area contributed by atoms with E-state index in [-0.39, 0.29) is 11.3 Å². The number of H-pyrrole nitrogens is 1. The Morgan fingerprint density at radius 2 is 1.88 bits per heavy atom. The summed E-state index contributed by atoms with van der Waals surface area (Å²) in [6.45, 7) is 7.02. The second-order valence-electron chi connectivity index (χ2n) is 11.0. The summed E-state index contributed by atoms with van der Waals surface area (Å²) in [7, 11) is 0. The maximum absolute atomic E-state index is 12.6. The number of rotatable bonds is 7. The summed E-state index contributed by atoms with van der Waals surface area (Å²) in [5.41, 5.74) is 1.59. The summed E-state index contributed by atoms with van der Waals surface area (Å²) in [6, 6.07) is 5.80. The third-order valence-corrected chi connectivity index (χ3v) is 6.74. The maximum Gasteiger partial charge on any atom is 0.401 e. The van der Waals surface area contributed by atoms with Crippen LogP contribution < -0.4 is 10.1 Å². The number of anilines is 1. The molecule has 0 bridgehead atoms. The molecule has 1 aliphatic carbocycles. The molecule has 2 N–H and O–H groups in total. The Bertz CT molecular complexity index is 965. The van der Waals surface area contributed by atoms with Gasteiger partial charge in [-0.1, -0.05) is 20.8 Å². The van der Waals surface area contributed by atoms with Gasteiger partial charge in [0, 0.05) is 36.6 Å². The molecule has 0 unspecified atom stereocenters. The van der Waals surface area contributed by atoms with E-state index in [4.69, 9.17) is 4.74 Å². The van der Waals surface area contributed by atoms with E-state index in [1.165, 1.54) is 0 Å². The standard InChI is InChI=1S/C25H34F3N3O2/c1-24(2,3)11-23(32)30-22-12-29-21-5-4-19(10-20(21)22)33-7-6-16-8-17-13-31(14-18(17)9-16)15-25(26,27)28/h4-5,10,12,16-18,29H,6-9,11,13-15H2,1-3H3,(H,30,32)/t16-,17-,18+. The van der Waals surface area contributed by atoms with Crippen molar-refractivity contribution in [1.82, 2.24) is 9.88 Å². The molecular weight excluding hydrogens is 431 g/mol.